The van der Waals surface area contributed by atoms with E-state index in [2.05, 4.69) is 12.6 Å². The Kier molecular flexibility index (Phi) is 2.01. The van der Waals surface area contributed by atoms with Crippen LogP contribution >= 0.6 is 22.9 Å². The first-order valence-electron chi connectivity index (χ1n) is 1.96. The summed E-state index contributed by atoms with van der Waals surface area (Å²) in [6.07, 6.45) is 4.51. The molecule has 1 aromatic rings. The predicted molar refractivity (Wildman–Crippen MR) is 38.1 cm³/mol. The molecule has 8 heavy (non-hydrogen) atoms. The van der Waals surface area contributed by atoms with Crippen molar-refractivity contribution < 1.29 is 4.42 Å². The Bertz CT molecular complexity index is 170. The van der Waals surface area contributed by atoms with E-state index < -0.39 is 0 Å². The van der Waals surface area contributed by atoms with Gasteiger partial charge in [-0.3, -0.25) is 0 Å². The van der Waals surface area contributed by atoms with E-state index in [-0.39, 0.29) is 0 Å². The lowest BCUT2D eigenvalue weighted by molar-refractivity contribution is 0.557. The topological polar surface area (TPSA) is 38.4 Å². The largest absolute Gasteiger partial charge is 0.451 e. The van der Waals surface area contributed by atoms with Crippen LogP contribution in [0.5, 0.6) is 0 Å². The van der Waals surface area contributed by atoms with Gasteiger partial charge < -0.3 is 4.42 Å². The molecule has 0 atom stereocenters. The van der Waals surface area contributed by atoms with Crippen LogP contribution in [0.3, 0.4) is 0 Å². The number of hydrogen-bond donors (Lipinski definition) is 0. The summed E-state index contributed by atoms with van der Waals surface area (Å²) in [5, 5.41) is 0. The number of halogens is 1. The summed E-state index contributed by atoms with van der Waals surface area (Å²) in [4.78, 5) is 3.79. The zero-order valence-corrected chi connectivity index (χ0v) is 6.07. The van der Waals surface area contributed by atoms with Gasteiger partial charge in [0.05, 0.1) is 29.1 Å². The molecule has 0 aromatic carbocycles. The highest BCUT2D eigenvalue weighted by Crippen LogP contribution is 1.90. The normalized spacial score (nSPS) is 10.6. The van der Waals surface area contributed by atoms with Gasteiger partial charge in [-0.05, 0) is 0 Å². The zero-order chi connectivity index (χ0) is 5.82. The van der Waals surface area contributed by atoms with Gasteiger partial charge in [-0.25, -0.2) is 8.19 Å². The molecule has 3 nitrogen and oxygen atoms in total. The van der Waals surface area contributed by atoms with E-state index in [4.69, 9.17) is 0 Å². The van der Waals surface area contributed by atoms with Crippen LogP contribution in [0, 0.1) is 0 Å². The molecule has 42 valence electrons. The standard InChI is InChI=1S/C4H3IN2O/c5-7-1-4-2-8-3-6-4/h1-3H. The number of hydrogen-bond acceptors (Lipinski definition) is 3. The van der Waals surface area contributed by atoms with Crippen molar-refractivity contribution in [2.75, 3.05) is 0 Å². The molecule has 0 saturated heterocycles. The van der Waals surface area contributed by atoms with Crippen LogP contribution in [-0.4, -0.2) is 11.2 Å². The Hall–Kier alpha value is -0.390. The van der Waals surface area contributed by atoms with Gasteiger partial charge >= 0.3 is 0 Å². The molecule has 0 amide bonds. The maximum Gasteiger partial charge on any atom is 0.181 e. The van der Waals surface area contributed by atoms with Crippen molar-refractivity contribution in [2.24, 2.45) is 3.21 Å². The quantitative estimate of drug-likeness (QED) is 0.532. The van der Waals surface area contributed by atoms with Crippen molar-refractivity contribution in [1.29, 1.82) is 0 Å². The van der Waals surface area contributed by atoms with Gasteiger partial charge in [0, 0.05) is 0 Å². The van der Waals surface area contributed by atoms with E-state index >= 15 is 0 Å². The highest BCUT2D eigenvalue weighted by atomic mass is 127. The minimum Gasteiger partial charge on any atom is -0.451 e. The van der Waals surface area contributed by atoms with E-state index in [9.17, 15) is 0 Å². The molecule has 0 saturated carbocycles. The number of oxazole rings is 1. The molecular weight excluding hydrogens is 219 g/mol. The van der Waals surface area contributed by atoms with E-state index in [1.54, 1.807) is 6.21 Å². The molecule has 0 aliphatic carbocycles. The van der Waals surface area contributed by atoms with E-state index in [1.165, 1.54) is 12.7 Å². The lowest BCUT2D eigenvalue weighted by Gasteiger charge is -1.69. The van der Waals surface area contributed by atoms with Crippen LogP contribution in [0.1, 0.15) is 5.69 Å². The molecule has 0 radical (unpaired) electrons. The number of aromatic nitrogens is 1. The highest BCUT2D eigenvalue weighted by molar-refractivity contribution is 14.1. The summed E-state index contributed by atoms with van der Waals surface area (Å²) < 4.78 is 8.36. The maximum absolute atomic E-state index is 4.66. The van der Waals surface area contributed by atoms with Gasteiger partial charge in [-0.1, -0.05) is 0 Å². The Morgan fingerprint density at radius 3 is 3.25 bits per heavy atom. The van der Waals surface area contributed by atoms with Gasteiger partial charge in [0.25, 0.3) is 0 Å². The molecule has 1 aromatic heterocycles. The van der Waals surface area contributed by atoms with Crippen molar-refractivity contribution in [1.82, 2.24) is 4.98 Å². The summed E-state index contributed by atoms with van der Waals surface area (Å²) in [5.41, 5.74) is 0.749. The summed E-state index contributed by atoms with van der Waals surface area (Å²) in [6, 6.07) is 0. The Morgan fingerprint density at radius 2 is 2.75 bits per heavy atom. The first-order valence-corrected chi connectivity index (χ1v) is 2.92. The van der Waals surface area contributed by atoms with Gasteiger partial charge in [0.1, 0.15) is 12.0 Å². The summed E-state index contributed by atoms with van der Waals surface area (Å²) >= 11 is 1.88. The third-order valence-electron chi connectivity index (χ3n) is 0.632. The van der Waals surface area contributed by atoms with Crippen molar-refractivity contribution in [3.63, 3.8) is 0 Å². The summed E-state index contributed by atoms with van der Waals surface area (Å²) in [5.74, 6) is 0. The smallest absolute Gasteiger partial charge is 0.181 e. The first-order chi connectivity index (χ1) is 3.93. The van der Waals surface area contributed by atoms with Gasteiger partial charge in [-0.15, -0.1) is 0 Å². The van der Waals surface area contributed by atoms with Gasteiger partial charge in [0.2, 0.25) is 0 Å². The van der Waals surface area contributed by atoms with Crippen LogP contribution < -0.4 is 0 Å². The Balaban J connectivity index is 2.77. The Labute approximate surface area is 60.3 Å². The molecule has 0 fully saturated rings. The van der Waals surface area contributed by atoms with Gasteiger partial charge in [0.15, 0.2) is 6.39 Å². The van der Waals surface area contributed by atoms with Crippen molar-refractivity contribution in [2.45, 2.75) is 0 Å². The Morgan fingerprint density at radius 1 is 1.88 bits per heavy atom. The lowest BCUT2D eigenvalue weighted by Crippen LogP contribution is -1.73. The predicted octanol–water partition coefficient (Wildman–Crippen LogP) is 1.44. The summed E-state index contributed by atoms with van der Waals surface area (Å²) in [6.45, 7) is 0. The molecule has 4 heteroatoms. The molecule has 0 spiro atoms. The first kappa shape index (κ1) is 5.74. The van der Waals surface area contributed by atoms with E-state index in [0.717, 1.165) is 5.69 Å². The van der Waals surface area contributed by atoms with Gasteiger partial charge in [-0.2, -0.15) is 0 Å². The van der Waals surface area contributed by atoms with Crippen molar-refractivity contribution >= 4 is 29.1 Å². The SMILES string of the molecule is IN=Cc1cocn1. The van der Waals surface area contributed by atoms with Crippen molar-refractivity contribution in [3.8, 4) is 0 Å². The molecule has 1 heterocycles. The summed E-state index contributed by atoms with van der Waals surface area (Å²) in [7, 11) is 0. The molecule has 1 rings (SSSR count). The minimum atomic E-state index is 0.749. The average molecular weight is 222 g/mol. The van der Waals surface area contributed by atoms with Crippen molar-refractivity contribution in [3.05, 3.63) is 18.4 Å². The van der Waals surface area contributed by atoms with Crippen LogP contribution in [0.15, 0.2) is 20.3 Å². The van der Waals surface area contributed by atoms with Crippen LogP contribution in [0.4, 0.5) is 0 Å². The number of rotatable bonds is 1. The fourth-order valence-electron chi connectivity index (χ4n) is 0.336. The molecule has 0 aliphatic rings. The lowest BCUT2D eigenvalue weighted by atomic mass is 10.5. The van der Waals surface area contributed by atoms with Crippen LogP contribution in [-0.2, 0) is 0 Å². The van der Waals surface area contributed by atoms with Crippen LogP contribution in [0.25, 0.3) is 0 Å². The third kappa shape index (κ3) is 1.29. The second-order valence-electron chi connectivity index (χ2n) is 1.14. The molecule has 0 aliphatic heterocycles. The van der Waals surface area contributed by atoms with E-state index in [0.29, 0.717) is 0 Å². The second kappa shape index (κ2) is 2.81. The molecular formula is C4H3IN2O. The third-order valence-corrected chi connectivity index (χ3v) is 0.911. The monoisotopic (exact) mass is 222 g/mol. The van der Waals surface area contributed by atoms with Crippen LogP contribution in [0.2, 0.25) is 0 Å². The number of nitrogens with zero attached hydrogens (tertiary/aromatic N) is 2. The maximum atomic E-state index is 4.66. The molecule has 0 N–H and O–H groups in total. The molecule has 0 unspecified atom stereocenters. The zero-order valence-electron chi connectivity index (χ0n) is 3.91. The van der Waals surface area contributed by atoms with E-state index in [1.807, 2.05) is 22.9 Å². The molecule has 0 bridgehead atoms. The fourth-order valence-corrected chi connectivity index (χ4v) is 0.621. The second-order valence-corrected chi connectivity index (χ2v) is 1.70. The minimum absolute atomic E-state index is 0.749. The highest BCUT2D eigenvalue weighted by Gasteiger charge is 1.85. The fraction of sp³-hybridized carbons (Fsp3) is 0. The average Bonchev–Trinajstić information content (AvgIpc) is 2.19.